The van der Waals surface area contributed by atoms with Crippen LogP contribution in [0.4, 0.5) is 0 Å². The summed E-state index contributed by atoms with van der Waals surface area (Å²) in [7, 11) is 0. The van der Waals surface area contributed by atoms with Gasteiger partial charge in [-0.3, -0.25) is 0 Å². The van der Waals surface area contributed by atoms with E-state index in [1.165, 1.54) is 21.5 Å². The van der Waals surface area contributed by atoms with E-state index >= 15 is 0 Å². The average Bonchev–Trinajstić information content (AvgIpc) is 3.85. The number of rotatable bonds is 4. The quantitative estimate of drug-likeness (QED) is 0.190. The zero-order chi connectivity index (χ0) is 33.5. The van der Waals surface area contributed by atoms with Gasteiger partial charge in [0.15, 0.2) is 11.4 Å². The number of benzene rings is 7. The van der Waals surface area contributed by atoms with E-state index in [-0.39, 0.29) is 0 Å². The Kier molecular flexibility index (Phi) is 5.89. The van der Waals surface area contributed by atoms with Gasteiger partial charge in [0.2, 0.25) is 0 Å². The van der Waals surface area contributed by atoms with Crippen LogP contribution in [0.5, 0.6) is 0 Å². The van der Waals surface area contributed by atoms with E-state index in [4.69, 9.17) is 14.4 Å². The van der Waals surface area contributed by atoms with Gasteiger partial charge in [-0.1, -0.05) is 115 Å². The zero-order valence-electron chi connectivity index (χ0n) is 27.4. The van der Waals surface area contributed by atoms with Crippen molar-refractivity contribution in [3.8, 4) is 33.9 Å². The average molecular weight is 653 g/mol. The van der Waals surface area contributed by atoms with Gasteiger partial charge in [0.1, 0.15) is 11.1 Å². The molecule has 0 fully saturated rings. The van der Waals surface area contributed by atoms with Crippen LogP contribution >= 0.6 is 0 Å². The van der Waals surface area contributed by atoms with Crippen molar-refractivity contribution in [1.82, 2.24) is 19.1 Å². The molecule has 0 aliphatic heterocycles. The fourth-order valence-corrected chi connectivity index (χ4v) is 8.01. The number of furan rings is 1. The molecule has 0 spiro atoms. The standard InChI is InChI=1S/C46H28N4O/c1-2-13-29(14-3-1)31-19-12-24-41(50-39-22-10-6-17-34(39)35-18-7-11-23-40(35)50)44(31)46-47-28-43-45(48-46)36-27-30(25-26-42(36)51-43)49-37-20-8-4-15-32(37)33-16-5-9-21-38(33)49/h1-28H. The molecule has 0 saturated carbocycles. The van der Waals surface area contributed by atoms with Crippen molar-refractivity contribution in [2.24, 2.45) is 0 Å². The number of hydrogen-bond acceptors (Lipinski definition) is 3. The summed E-state index contributed by atoms with van der Waals surface area (Å²) in [6, 6.07) is 57.7. The van der Waals surface area contributed by atoms with Crippen LogP contribution in [0.3, 0.4) is 0 Å². The van der Waals surface area contributed by atoms with E-state index in [1.807, 2.05) is 6.20 Å². The molecule has 0 radical (unpaired) electrons. The second kappa shape index (κ2) is 10.8. The van der Waals surface area contributed by atoms with Gasteiger partial charge in [0.25, 0.3) is 0 Å². The predicted octanol–water partition coefficient (Wildman–Crippen LogP) is 11.9. The van der Waals surface area contributed by atoms with Gasteiger partial charge in [0.05, 0.1) is 39.5 Å². The molecule has 4 aromatic heterocycles. The summed E-state index contributed by atoms with van der Waals surface area (Å²) in [5.41, 5.74) is 12.0. The number of fused-ring (bicyclic) bond motifs is 9. The minimum Gasteiger partial charge on any atom is -0.453 e. The van der Waals surface area contributed by atoms with Crippen LogP contribution < -0.4 is 0 Å². The molecular weight excluding hydrogens is 625 g/mol. The van der Waals surface area contributed by atoms with Crippen LogP contribution in [0.15, 0.2) is 174 Å². The number of hydrogen-bond donors (Lipinski definition) is 0. The number of para-hydroxylation sites is 4. The lowest BCUT2D eigenvalue weighted by atomic mass is 9.97. The van der Waals surface area contributed by atoms with Crippen molar-refractivity contribution >= 4 is 65.7 Å². The molecule has 0 unspecified atom stereocenters. The first-order chi connectivity index (χ1) is 25.3. The summed E-state index contributed by atoms with van der Waals surface area (Å²) in [6.45, 7) is 0. The Labute approximate surface area is 292 Å². The minimum absolute atomic E-state index is 0.642. The largest absolute Gasteiger partial charge is 0.453 e. The Bertz CT molecular complexity index is 3040. The summed E-state index contributed by atoms with van der Waals surface area (Å²) >= 11 is 0. The van der Waals surface area contributed by atoms with Crippen LogP contribution in [-0.2, 0) is 0 Å². The van der Waals surface area contributed by atoms with Crippen LogP contribution in [0, 0.1) is 0 Å². The molecule has 0 N–H and O–H groups in total. The summed E-state index contributed by atoms with van der Waals surface area (Å²) in [6.07, 6.45) is 1.83. The fraction of sp³-hybridized carbons (Fsp3) is 0. The maximum atomic E-state index is 6.38. The third kappa shape index (κ3) is 4.09. The monoisotopic (exact) mass is 652 g/mol. The normalized spacial score (nSPS) is 11.9. The highest BCUT2D eigenvalue weighted by atomic mass is 16.3. The van der Waals surface area contributed by atoms with Gasteiger partial charge in [-0.15, -0.1) is 0 Å². The lowest BCUT2D eigenvalue weighted by molar-refractivity contribution is 0.666. The second-order valence-corrected chi connectivity index (χ2v) is 13.0. The first-order valence-corrected chi connectivity index (χ1v) is 17.2. The van der Waals surface area contributed by atoms with Crippen molar-refractivity contribution in [3.63, 3.8) is 0 Å². The molecule has 4 heterocycles. The van der Waals surface area contributed by atoms with E-state index < -0.39 is 0 Å². The molecular formula is C46H28N4O. The SMILES string of the molecule is c1ccc(-c2cccc(-n3c4ccccc4c4ccccc43)c2-c2ncc3oc4ccc(-n5c6ccccc6c6ccccc65)cc4c3n2)cc1. The fourth-order valence-electron chi connectivity index (χ4n) is 8.01. The molecule has 11 rings (SSSR count). The molecule has 238 valence electrons. The van der Waals surface area contributed by atoms with Gasteiger partial charge < -0.3 is 13.6 Å². The van der Waals surface area contributed by atoms with Crippen molar-refractivity contribution in [2.45, 2.75) is 0 Å². The summed E-state index contributed by atoms with van der Waals surface area (Å²) < 4.78 is 11.1. The Morgan fingerprint density at radius 2 is 1.02 bits per heavy atom. The van der Waals surface area contributed by atoms with Crippen LogP contribution in [0.25, 0.3) is 99.6 Å². The molecule has 11 aromatic rings. The summed E-state index contributed by atoms with van der Waals surface area (Å²) in [5, 5.41) is 5.82. The highest BCUT2D eigenvalue weighted by Gasteiger charge is 2.22. The topological polar surface area (TPSA) is 48.8 Å². The van der Waals surface area contributed by atoms with Crippen LogP contribution in [-0.4, -0.2) is 19.1 Å². The first-order valence-electron chi connectivity index (χ1n) is 17.2. The van der Waals surface area contributed by atoms with Crippen molar-refractivity contribution < 1.29 is 4.42 Å². The van der Waals surface area contributed by atoms with E-state index in [1.54, 1.807) is 0 Å². The van der Waals surface area contributed by atoms with Crippen LogP contribution in [0.2, 0.25) is 0 Å². The molecule has 0 amide bonds. The van der Waals surface area contributed by atoms with Gasteiger partial charge in [-0.25, -0.2) is 9.97 Å². The Balaban J connectivity index is 1.19. The Morgan fingerprint density at radius 1 is 0.451 bits per heavy atom. The molecule has 0 saturated heterocycles. The Hall–Kier alpha value is -6.98. The first kappa shape index (κ1) is 27.9. The highest BCUT2D eigenvalue weighted by molar-refractivity contribution is 6.11. The smallest absolute Gasteiger partial charge is 0.172 e. The summed E-state index contributed by atoms with van der Waals surface area (Å²) in [4.78, 5) is 10.4. The van der Waals surface area contributed by atoms with Gasteiger partial charge >= 0.3 is 0 Å². The molecule has 5 heteroatoms. The number of nitrogens with zero attached hydrogens (tertiary/aromatic N) is 4. The minimum atomic E-state index is 0.642. The van der Waals surface area contributed by atoms with Crippen molar-refractivity contribution in [3.05, 3.63) is 170 Å². The highest BCUT2D eigenvalue weighted by Crippen LogP contribution is 2.41. The van der Waals surface area contributed by atoms with E-state index in [0.717, 1.165) is 66.6 Å². The molecule has 0 aliphatic carbocycles. The van der Waals surface area contributed by atoms with Crippen molar-refractivity contribution in [2.75, 3.05) is 0 Å². The Morgan fingerprint density at radius 3 is 1.65 bits per heavy atom. The van der Waals surface area contributed by atoms with E-state index in [2.05, 4.69) is 173 Å². The number of aromatic nitrogens is 4. The van der Waals surface area contributed by atoms with Crippen LogP contribution in [0.1, 0.15) is 0 Å². The molecule has 7 aromatic carbocycles. The van der Waals surface area contributed by atoms with Crippen molar-refractivity contribution in [1.29, 1.82) is 0 Å². The maximum absolute atomic E-state index is 6.38. The maximum Gasteiger partial charge on any atom is 0.172 e. The lowest BCUT2D eigenvalue weighted by Crippen LogP contribution is -2.01. The molecule has 5 nitrogen and oxygen atoms in total. The molecule has 0 aliphatic rings. The van der Waals surface area contributed by atoms with Gasteiger partial charge in [0, 0.05) is 32.6 Å². The second-order valence-electron chi connectivity index (χ2n) is 13.0. The van der Waals surface area contributed by atoms with Gasteiger partial charge in [-0.2, -0.15) is 0 Å². The predicted molar refractivity (Wildman–Crippen MR) is 209 cm³/mol. The molecule has 0 bridgehead atoms. The third-order valence-electron chi connectivity index (χ3n) is 10.2. The third-order valence-corrected chi connectivity index (χ3v) is 10.2. The molecule has 51 heavy (non-hydrogen) atoms. The van der Waals surface area contributed by atoms with Gasteiger partial charge in [-0.05, 0) is 59.7 Å². The van der Waals surface area contributed by atoms with E-state index in [0.29, 0.717) is 11.4 Å². The summed E-state index contributed by atoms with van der Waals surface area (Å²) in [5.74, 6) is 0.642. The lowest BCUT2D eigenvalue weighted by Gasteiger charge is -2.17. The zero-order valence-corrected chi connectivity index (χ0v) is 27.4. The molecule has 0 atom stereocenters. The van der Waals surface area contributed by atoms with E-state index in [9.17, 15) is 0 Å².